The second kappa shape index (κ2) is 12.6. The highest BCUT2D eigenvalue weighted by molar-refractivity contribution is 5.94. The molecular weight excluding hydrogens is 476 g/mol. The Morgan fingerprint density at radius 2 is 1.95 bits per heavy atom. The number of benzene rings is 1. The van der Waals surface area contributed by atoms with E-state index in [9.17, 15) is 18.4 Å². The summed E-state index contributed by atoms with van der Waals surface area (Å²) in [6.07, 6.45) is 12.4. The molecule has 2 aliphatic carbocycles. The number of anilines is 1. The minimum Gasteiger partial charge on any atom is -0.352 e. The van der Waals surface area contributed by atoms with Gasteiger partial charge in [0.1, 0.15) is 18.2 Å². The molecule has 1 heterocycles. The number of hydrogen-bond donors (Lipinski definition) is 3. The topological polar surface area (TPSA) is 88.0 Å². The fourth-order valence-corrected chi connectivity index (χ4v) is 5.73. The summed E-state index contributed by atoms with van der Waals surface area (Å²) in [7, 11) is 0. The Morgan fingerprint density at radius 1 is 1.16 bits per heavy atom. The van der Waals surface area contributed by atoms with E-state index in [4.69, 9.17) is 0 Å². The molecule has 1 fully saturated rings. The number of imidazole rings is 1. The summed E-state index contributed by atoms with van der Waals surface area (Å²) in [5, 5.41) is 9.34. The molecule has 0 saturated heterocycles. The van der Waals surface area contributed by atoms with Crippen molar-refractivity contribution in [3.63, 3.8) is 0 Å². The highest BCUT2D eigenvalue weighted by Crippen LogP contribution is 2.27. The van der Waals surface area contributed by atoms with Crippen molar-refractivity contribution in [2.75, 3.05) is 5.32 Å². The predicted octanol–water partition coefficient (Wildman–Crippen LogP) is 4.50. The Kier molecular flexibility index (Phi) is 9.29. The van der Waals surface area contributed by atoms with E-state index in [1.807, 2.05) is 6.92 Å². The molecule has 3 atom stereocenters. The van der Waals surface area contributed by atoms with E-state index < -0.39 is 17.7 Å². The second-order valence-electron chi connectivity index (χ2n) is 10.6. The van der Waals surface area contributed by atoms with Gasteiger partial charge in [0.25, 0.3) is 0 Å². The van der Waals surface area contributed by atoms with Crippen molar-refractivity contribution in [1.82, 2.24) is 20.2 Å². The maximum absolute atomic E-state index is 14.3. The molecule has 1 aromatic carbocycles. The number of carbonyl (C=O) groups excluding carboxylic acids is 2. The van der Waals surface area contributed by atoms with Gasteiger partial charge in [-0.2, -0.15) is 0 Å². The number of carbonyl (C=O) groups is 2. The zero-order valence-corrected chi connectivity index (χ0v) is 21.9. The number of nitrogens with one attached hydrogen (secondary N) is 3. The summed E-state index contributed by atoms with van der Waals surface area (Å²) >= 11 is 0. The minimum absolute atomic E-state index is 0.0661. The monoisotopic (exact) mass is 515 g/mol. The van der Waals surface area contributed by atoms with Crippen LogP contribution in [0.3, 0.4) is 0 Å². The van der Waals surface area contributed by atoms with Crippen molar-refractivity contribution >= 4 is 17.6 Å². The quantitative estimate of drug-likeness (QED) is 0.435. The molecule has 0 radical (unpaired) electrons. The van der Waals surface area contributed by atoms with Crippen LogP contribution in [0, 0.1) is 17.6 Å². The molecule has 2 amide bonds. The number of rotatable bonds is 10. The Labute approximate surface area is 217 Å². The van der Waals surface area contributed by atoms with Gasteiger partial charge >= 0.3 is 0 Å². The first-order valence-corrected chi connectivity index (χ1v) is 13.7. The average Bonchev–Trinajstić information content (AvgIpc) is 3.30. The average molecular weight is 516 g/mol. The molecule has 1 unspecified atom stereocenters. The second-order valence-corrected chi connectivity index (χ2v) is 10.6. The van der Waals surface area contributed by atoms with E-state index in [2.05, 4.69) is 27.9 Å². The molecule has 0 spiro atoms. The zero-order valence-electron chi connectivity index (χ0n) is 21.9. The van der Waals surface area contributed by atoms with Crippen LogP contribution < -0.4 is 16.0 Å². The normalized spacial score (nSPS) is 19.6. The van der Waals surface area contributed by atoms with Gasteiger partial charge in [-0.3, -0.25) is 9.59 Å². The number of hydrogen-bond acceptors (Lipinski definition) is 4. The number of fused-ring (bicyclic) bond motifs is 1. The van der Waals surface area contributed by atoms with Crippen LogP contribution in [-0.2, 0) is 29.0 Å². The van der Waals surface area contributed by atoms with Crippen LogP contribution in [0.4, 0.5) is 14.6 Å². The van der Waals surface area contributed by atoms with E-state index in [-0.39, 0.29) is 30.4 Å². The van der Waals surface area contributed by atoms with Crippen LogP contribution in [-0.4, -0.2) is 39.5 Å². The maximum atomic E-state index is 14.3. The standard InChI is InChI=1S/C28H39F2N5O2/c1-3-7-25(33-22-11-10-20-12-21(29)13-24(30)23(20)14-22)28(37)34-26-15-35(17-31-26)16-27(36)32-18(2)19-8-5-4-6-9-19/h12-13,15,17-19,22,25,33H,3-11,14,16H2,1-2H3,(H,32,36)(H,34,37)/t18-,22?,25-/m0/s1. The number of aryl methyl sites for hydroxylation is 1. The molecule has 4 rings (SSSR count). The van der Waals surface area contributed by atoms with Crippen molar-refractivity contribution in [3.05, 3.63) is 47.4 Å². The van der Waals surface area contributed by atoms with Crippen molar-refractivity contribution in [2.45, 2.75) is 103 Å². The highest BCUT2D eigenvalue weighted by Gasteiger charge is 2.27. The van der Waals surface area contributed by atoms with E-state index in [0.717, 1.165) is 25.3 Å². The third kappa shape index (κ3) is 7.37. The van der Waals surface area contributed by atoms with Crippen LogP contribution in [0.25, 0.3) is 0 Å². The first-order chi connectivity index (χ1) is 17.8. The molecule has 37 heavy (non-hydrogen) atoms. The van der Waals surface area contributed by atoms with Crippen LogP contribution in [0.5, 0.6) is 0 Å². The molecule has 7 nitrogen and oxygen atoms in total. The third-order valence-electron chi connectivity index (χ3n) is 7.75. The summed E-state index contributed by atoms with van der Waals surface area (Å²) in [5.41, 5.74) is 1.23. The Hall–Kier alpha value is -2.81. The van der Waals surface area contributed by atoms with Gasteiger partial charge < -0.3 is 20.5 Å². The third-order valence-corrected chi connectivity index (χ3v) is 7.75. The molecule has 1 aromatic heterocycles. The van der Waals surface area contributed by atoms with Crippen LogP contribution in [0.1, 0.15) is 76.3 Å². The lowest BCUT2D eigenvalue weighted by atomic mass is 9.84. The smallest absolute Gasteiger partial charge is 0.242 e. The summed E-state index contributed by atoms with van der Waals surface area (Å²) in [6, 6.07) is 1.92. The van der Waals surface area contributed by atoms with Gasteiger partial charge in [-0.25, -0.2) is 13.8 Å². The van der Waals surface area contributed by atoms with E-state index >= 15 is 0 Å². The van der Waals surface area contributed by atoms with Crippen molar-refractivity contribution in [2.24, 2.45) is 5.92 Å². The van der Waals surface area contributed by atoms with Gasteiger partial charge in [-0.15, -0.1) is 0 Å². The van der Waals surface area contributed by atoms with Crippen LogP contribution in [0.15, 0.2) is 24.7 Å². The minimum atomic E-state index is -0.554. The summed E-state index contributed by atoms with van der Waals surface area (Å²) < 4.78 is 29.5. The predicted molar refractivity (Wildman–Crippen MR) is 139 cm³/mol. The van der Waals surface area contributed by atoms with E-state index in [1.165, 1.54) is 25.3 Å². The van der Waals surface area contributed by atoms with E-state index in [0.29, 0.717) is 48.5 Å². The lowest BCUT2D eigenvalue weighted by Gasteiger charge is -2.29. The largest absolute Gasteiger partial charge is 0.352 e. The lowest BCUT2D eigenvalue weighted by molar-refractivity contribution is -0.122. The zero-order chi connectivity index (χ0) is 26.4. The summed E-state index contributed by atoms with van der Waals surface area (Å²) in [4.78, 5) is 29.9. The van der Waals surface area contributed by atoms with Gasteiger partial charge in [-0.05, 0) is 68.6 Å². The molecule has 3 N–H and O–H groups in total. The lowest BCUT2D eigenvalue weighted by Crippen LogP contribution is -2.48. The fourth-order valence-electron chi connectivity index (χ4n) is 5.73. The SMILES string of the molecule is CCC[C@H](NC1CCc2cc(F)cc(F)c2C1)C(=O)Nc1cn(CC(=O)N[C@@H](C)C2CCCCC2)cn1. The number of amides is 2. The molecule has 202 valence electrons. The number of halogens is 2. The molecular formula is C28H39F2N5O2. The van der Waals surface area contributed by atoms with Crippen molar-refractivity contribution < 1.29 is 18.4 Å². The van der Waals surface area contributed by atoms with E-state index in [1.54, 1.807) is 17.1 Å². The number of aromatic nitrogens is 2. The Morgan fingerprint density at radius 3 is 2.70 bits per heavy atom. The van der Waals surface area contributed by atoms with Crippen molar-refractivity contribution in [1.29, 1.82) is 0 Å². The van der Waals surface area contributed by atoms with Gasteiger partial charge in [0.2, 0.25) is 11.8 Å². The van der Waals surface area contributed by atoms with Crippen molar-refractivity contribution in [3.8, 4) is 0 Å². The molecule has 9 heteroatoms. The molecule has 2 aromatic rings. The van der Waals surface area contributed by atoms with Gasteiger partial charge in [0.05, 0.1) is 12.4 Å². The highest BCUT2D eigenvalue weighted by atomic mass is 19.1. The van der Waals surface area contributed by atoms with Gasteiger partial charge in [0.15, 0.2) is 5.82 Å². The van der Waals surface area contributed by atoms with Gasteiger partial charge in [0, 0.05) is 24.3 Å². The Balaban J connectivity index is 1.29. The maximum Gasteiger partial charge on any atom is 0.242 e. The molecule has 1 saturated carbocycles. The van der Waals surface area contributed by atoms with Crippen LogP contribution >= 0.6 is 0 Å². The molecule has 2 aliphatic rings. The van der Waals surface area contributed by atoms with Crippen LogP contribution in [0.2, 0.25) is 0 Å². The summed E-state index contributed by atoms with van der Waals surface area (Å²) in [5.74, 6) is -0.441. The fraction of sp³-hybridized carbons (Fsp3) is 0.607. The molecule has 0 aliphatic heterocycles. The van der Waals surface area contributed by atoms with Gasteiger partial charge in [-0.1, -0.05) is 32.6 Å². The molecule has 0 bridgehead atoms. The first-order valence-electron chi connectivity index (χ1n) is 13.7. The Bertz CT molecular complexity index is 1080. The number of nitrogens with zero attached hydrogens (tertiary/aromatic N) is 2. The first kappa shape index (κ1) is 27.2. The summed E-state index contributed by atoms with van der Waals surface area (Å²) in [6.45, 7) is 4.22.